The molecule has 3 aromatic carbocycles. The van der Waals surface area contributed by atoms with Crippen molar-refractivity contribution in [1.82, 2.24) is 9.80 Å². The fraction of sp³-hybridized carbons (Fsp3) is 0.290. The number of piperazine rings is 1. The first-order chi connectivity index (χ1) is 18.1. The molecular formula is C31H34Cl2FN3O2. The maximum absolute atomic E-state index is 13.4. The quantitative estimate of drug-likeness (QED) is 0.194. The highest BCUT2D eigenvalue weighted by Gasteiger charge is 2.36. The summed E-state index contributed by atoms with van der Waals surface area (Å²) < 4.78 is 13.2. The minimum atomic E-state index is -0.212. The first-order valence-electron chi connectivity index (χ1n) is 13.0. The zero-order valence-electron chi connectivity index (χ0n) is 21.8. The number of anilines is 1. The molecule has 5 rings (SSSR count). The van der Waals surface area contributed by atoms with Crippen molar-refractivity contribution in [1.29, 1.82) is 0 Å². The van der Waals surface area contributed by atoms with Gasteiger partial charge in [0.25, 0.3) is 5.91 Å². The topological polar surface area (TPSA) is 43.9 Å². The monoisotopic (exact) mass is 569 g/mol. The van der Waals surface area contributed by atoms with Crippen LogP contribution in [0.1, 0.15) is 30.4 Å². The van der Waals surface area contributed by atoms with Crippen LogP contribution in [0.5, 0.6) is 0 Å². The molecular weight excluding hydrogens is 536 g/mol. The molecule has 0 saturated carbocycles. The molecule has 0 atom stereocenters. The van der Waals surface area contributed by atoms with E-state index in [0.717, 1.165) is 68.0 Å². The number of nitrogens with zero attached hydrogens (tertiary/aromatic N) is 3. The third-order valence-electron chi connectivity index (χ3n) is 7.23. The number of unbranched alkanes of at least 4 members (excludes halogenated alkanes) is 1. The molecule has 2 aliphatic rings. The Labute approximate surface area is 242 Å². The minimum absolute atomic E-state index is 0. The van der Waals surface area contributed by atoms with Gasteiger partial charge in [-0.05, 0) is 60.4 Å². The van der Waals surface area contributed by atoms with E-state index in [2.05, 4.69) is 9.80 Å². The largest absolute Gasteiger partial charge is 0.369 e. The van der Waals surface area contributed by atoms with E-state index in [0.29, 0.717) is 12.1 Å². The Bertz CT molecular complexity index is 1220. The standard InChI is InChI=1S/C31H32FN3O2.2ClH/c32-26-13-15-27(16-14-26)34-21-19-33(20-22-34)17-7-8-18-35-29(36)23-28(31(35)37)30(24-9-3-1-4-10-24)25-11-5-2-6-12-25;;/h1-6,9-16H,7-8,17-23H2;2*1H. The molecule has 5 nitrogen and oxygen atoms in total. The fourth-order valence-corrected chi connectivity index (χ4v) is 5.23. The second kappa shape index (κ2) is 14.3. The summed E-state index contributed by atoms with van der Waals surface area (Å²) in [6.45, 7) is 5.10. The average Bonchev–Trinajstić information content (AvgIpc) is 3.21. The van der Waals surface area contributed by atoms with E-state index in [9.17, 15) is 14.0 Å². The molecule has 0 aliphatic carbocycles. The number of imide groups is 1. The molecule has 2 amide bonds. The Morgan fingerprint density at radius 1 is 0.692 bits per heavy atom. The highest BCUT2D eigenvalue weighted by Crippen LogP contribution is 2.33. The molecule has 8 heteroatoms. The minimum Gasteiger partial charge on any atom is -0.369 e. The van der Waals surface area contributed by atoms with Crippen LogP contribution in [-0.2, 0) is 9.59 Å². The highest BCUT2D eigenvalue weighted by atomic mass is 35.5. The smallest absolute Gasteiger partial charge is 0.257 e. The normalized spacial score (nSPS) is 15.7. The first-order valence-corrected chi connectivity index (χ1v) is 13.0. The van der Waals surface area contributed by atoms with Gasteiger partial charge < -0.3 is 4.90 Å². The lowest BCUT2D eigenvalue weighted by atomic mass is 9.92. The molecule has 2 aliphatic heterocycles. The van der Waals surface area contributed by atoms with Crippen molar-refractivity contribution in [3.63, 3.8) is 0 Å². The summed E-state index contributed by atoms with van der Waals surface area (Å²) in [6.07, 6.45) is 1.86. The molecule has 3 aromatic rings. The lowest BCUT2D eigenvalue weighted by Crippen LogP contribution is -2.46. The average molecular weight is 571 g/mol. The Morgan fingerprint density at radius 3 is 1.79 bits per heavy atom. The van der Waals surface area contributed by atoms with Gasteiger partial charge in [0.2, 0.25) is 5.91 Å². The number of halogens is 3. The van der Waals surface area contributed by atoms with E-state index >= 15 is 0 Å². The van der Waals surface area contributed by atoms with Gasteiger partial charge in [-0.1, -0.05) is 60.7 Å². The zero-order chi connectivity index (χ0) is 25.6. The summed E-state index contributed by atoms with van der Waals surface area (Å²) in [5.74, 6) is -0.491. The van der Waals surface area contributed by atoms with Crippen molar-refractivity contribution in [2.24, 2.45) is 0 Å². The van der Waals surface area contributed by atoms with Crippen LogP contribution in [0.25, 0.3) is 5.57 Å². The van der Waals surface area contributed by atoms with Gasteiger partial charge in [0.1, 0.15) is 5.82 Å². The summed E-state index contributed by atoms with van der Waals surface area (Å²) in [6, 6.07) is 26.4. The zero-order valence-corrected chi connectivity index (χ0v) is 23.4. The molecule has 0 unspecified atom stereocenters. The maximum Gasteiger partial charge on any atom is 0.257 e. The van der Waals surface area contributed by atoms with Crippen molar-refractivity contribution in [2.45, 2.75) is 19.3 Å². The molecule has 0 bridgehead atoms. The van der Waals surface area contributed by atoms with Crippen LogP contribution < -0.4 is 4.90 Å². The molecule has 2 saturated heterocycles. The Hall–Kier alpha value is -3.19. The first kappa shape index (κ1) is 30.4. The van der Waals surface area contributed by atoms with Gasteiger partial charge in [0.05, 0.1) is 6.42 Å². The summed E-state index contributed by atoms with van der Waals surface area (Å²) in [5.41, 5.74) is 4.39. The van der Waals surface area contributed by atoms with Crippen LogP contribution in [-0.4, -0.2) is 60.9 Å². The van der Waals surface area contributed by atoms with Crippen LogP contribution >= 0.6 is 24.8 Å². The molecule has 0 radical (unpaired) electrons. The molecule has 2 heterocycles. The van der Waals surface area contributed by atoms with Crippen molar-refractivity contribution in [2.75, 3.05) is 44.2 Å². The predicted octanol–water partition coefficient (Wildman–Crippen LogP) is 5.83. The van der Waals surface area contributed by atoms with Crippen LogP contribution in [0.4, 0.5) is 10.1 Å². The van der Waals surface area contributed by atoms with Crippen molar-refractivity contribution >= 4 is 47.9 Å². The third-order valence-corrected chi connectivity index (χ3v) is 7.23. The number of rotatable bonds is 8. The van der Waals surface area contributed by atoms with Crippen molar-refractivity contribution in [3.05, 3.63) is 107 Å². The van der Waals surface area contributed by atoms with Gasteiger partial charge in [-0.25, -0.2) is 4.39 Å². The summed E-state index contributed by atoms with van der Waals surface area (Å²) in [4.78, 5) is 32.4. The number of likely N-dealkylation sites (tertiary alicyclic amines) is 1. The highest BCUT2D eigenvalue weighted by molar-refractivity contribution is 6.18. The molecule has 39 heavy (non-hydrogen) atoms. The van der Waals surface area contributed by atoms with Crippen LogP contribution in [0.2, 0.25) is 0 Å². The van der Waals surface area contributed by atoms with E-state index in [4.69, 9.17) is 0 Å². The molecule has 0 aromatic heterocycles. The van der Waals surface area contributed by atoms with Gasteiger partial charge in [-0.15, -0.1) is 24.8 Å². The number of amides is 2. The lowest BCUT2D eigenvalue weighted by molar-refractivity contribution is -0.137. The number of hydrogen-bond acceptors (Lipinski definition) is 4. The molecule has 206 valence electrons. The Morgan fingerprint density at radius 2 is 1.23 bits per heavy atom. The van der Waals surface area contributed by atoms with E-state index in [-0.39, 0.29) is 48.9 Å². The maximum atomic E-state index is 13.4. The summed E-state index contributed by atoms with van der Waals surface area (Å²) >= 11 is 0. The lowest BCUT2D eigenvalue weighted by Gasteiger charge is -2.36. The van der Waals surface area contributed by atoms with E-state index in [1.54, 1.807) is 0 Å². The molecule has 0 N–H and O–H groups in total. The predicted molar refractivity (Wildman–Crippen MR) is 159 cm³/mol. The Kier molecular flexibility index (Phi) is 11.1. The third kappa shape index (κ3) is 7.27. The Balaban J connectivity index is 0.00000210. The van der Waals surface area contributed by atoms with Crippen LogP contribution in [0, 0.1) is 5.82 Å². The second-order valence-electron chi connectivity index (χ2n) is 9.63. The second-order valence-corrected chi connectivity index (χ2v) is 9.63. The van der Waals surface area contributed by atoms with Gasteiger partial charge in [-0.3, -0.25) is 19.4 Å². The van der Waals surface area contributed by atoms with Crippen LogP contribution in [0.15, 0.2) is 90.5 Å². The van der Waals surface area contributed by atoms with Gasteiger partial charge in [0, 0.05) is 44.0 Å². The van der Waals surface area contributed by atoms with E-state index < -0.39 is 0 Å². The summed E-state index contributed by atoms with van der Waals surface area (Å²) in [5, 5.41) is 0. The summed E-state index contributed by atoms with van der Waals surface area (Å²) in [7, 11) is 0. The van der Waals surface area contributed by atoms with Crippen molar-refractivity contribution in [3.8, 4) is 0 Å². The molecule has 0 spiro atoms. The van der Waals surface area contributed by atoms with E-state index in [1.165, 1.54) is 17.0 Å². The van der Waals surface area contributed by atoms with Gasteiger partial charge in [-0.2, -0.15) is 0 Å². The van der Waals surface area contributed by atoms with Gasteiger partial charge >= 0.3 is 0 Å². The molecule has 2 fully saturated rings. The number of carbonyl (C=O) groups is 2. The number of carbonyl (C=O) groups excluding carboxylic acids is 2. The van der Waals surface area contributed by atoms with Crippen molar-refractivity contribution < 1.29 is 14.0 Å². The SMILES string of the molecule is Cl.Cl.O=C1CC(=C(c2ccccc2)c2ccccc2)C(=O)N1CCCCN1CCN(c2ccc(F)cc2)CC1. The van der Waals surface area contributed by atoms with E-state index in [1.807, 2.05) is 72.8 Å². The van der Waals surface area contributed by atoms with Gasteiger partial charge in [0.15, 0.2) is 0 Å². The number of benzene rings is 3. The fourth-order valence-electron chi connectivity index (χ4n) is 5.23. The number of hydrogen-bond donors (Lipinski definition) is 0. The van der Waals surface area contributed by atoms with Crippen LogP contribution in [0.3, 0.4) is 0 Å².